The van der Waals surface area contributed by atoms with Crippen molar-refractivity contribution in [1.82, 2.24) is 0 Å². The molecule has 0 rings (SSSR count). The third-order valence-corrected chi connectivity index (χ3v) is 0. The topological polar surface area (TPSA) is 132 Å². The Bertz CT molecular complexity index is 73.7. The zero-order valence-electron chi connectivity index (χ0n) is 4.02. The summed E-state index contributed by atoms with van der Waals surface area (Å²) in [5, 5.41) is 29.5. The fourth-order valence-corrected chi connectivity index (χ4v) is 0. The van der Waals surface area contributed by atoms with E-state index in [0.717, 1.165) is 0 Å². The summed E-state index contributed by atoms with van der Waals surface area (Å²) >= 11 is 0. The van der Waals surface area contributed by atoms with E-state index in [1.54, 1.807) is 0 Å². The van der Waals surface area contributed by atoms with E-state index in [4.69, 9.17) is 30.6 Å². The van der Waals surface area contributed by atoms with Gasteiger partial charge >= 0.3 is 87.3 Å². The van der Waals surface area contributed by atoms with E-state index < -0.39 is 10.2 Å². The fraction of sp³-hybridized carbons (Fsp3) is 0. The second-order valence-corrected chi connectivity index (χ2v) is 0.447. The van der Waals surface area contributed by atoms with Crippen LogP contribution in [0.3, 0.4) is 0 Å². The van der Waals surface area contributed by atoms with E-state index in [1.165, 1.54) is 0 Å². The largest absolute Gasteiger partial charge is 3.00 e. The molecule has 0 bridgehead atoms. The molecule has 0 atom stereocenters. The average Bonchev–Trinajstić information content (AvgIpc) is 1.25. The molecule has 62 valence electrons. The minimum Gasteiger partial charge on any atom is -0.356 e. The van der Waals surface area contributed by atoms with E-state index in [-0.39, 0.29) is 87.3 Å². The maximum Gasteiger partial charge on any atom is 3.00 e. The SMILES string of the molecule is O=[N+]([O-])[O-].O=[N+]([O-])[O-].[Sm+3].[Yb+3]. The Morgan fingerprint density at radius 3 is 0.800 bits per heavy atom. The smallest absolute Gasteiger partial charge is 0.356 e. The number of rotatable bonds is 0. The summed E-state index contributed by atoms with van der Waals surface area (Å²) in [4.78, 5) is 16.5. The maximum atomic E-state index is 8.25. The third kappa shape index (κ3) is 399. The van der Waals surface area contributed by atoms with E-state index in [2.05, 4.69) is 0 Å². The van der Waals surface area contributed by atoms with Crippen molar-refractivity contribution in [2.24, 2.45) is 0 Å². The Morgan fingerprint density at radius 2 is 0.800 bits per heavy atom. The Kier molecular flexibility index (Phi) is 37.5. The average molecular weight is 447 g/mol. The monoisotopic (exact) mass is 450 g/mol. The molecule has 0 aromatic carbocycles. The molecule has 0 aromatic heterocycles. The molecule has 8 nitrogen and oxygen atoms in total. The summed E-state index contributed by atoms with van der Waals surface area (Å²) in [6, 6.07) is 0. The van der Waals surface area contributed by atoms with Crippen LogP contribution in [0.4, 0.5) is 0 Å². The molecule has 10 heavy (non-hydrogen) atoms. The zero-order chi connectivity index (χ0) is 7.15. The molecule has 0 aliphatic rings. The van der Waals surface area contributed by atoms with E-state index in [0.29, 0.717) is 0 Å². The van der Waals surface area contributed by atoms with Crippen molar-refractivity contribution in [1.29, 1.82) is 0 Å². The minimum atomic E-state index is -1.75. The van der Waals surface area contributed by atoms with Crippen molar-refractivity contribution in [2.45, 2.75) is 0 Å². The minimum absolute atomic E-state index is 0. The van der Waals surface area contributed by atoms with Gasteiger partial charge in [-0.05, 0) is 0 Å². The molecule has 10 heteroatoms. The Balaban J connectivity index is -0.0000000300. The van der Waals surface area contributed by atoms with Gasteiger partial charge < -0.3 is 30.6 Å². The van der Waals surface area contributed by atoms with Crippen LogP contribution < -0.4 is 0 Å². The maximum absolute atomic E-state index is 8.25. The summed E-state index contributed by atoms with van der Waals surface area (Å²) in [6.07, 6.45) is 0. The standard InChI is InChI=1S/2NO3.Sm.Yb/c2*2-1(3)4;;/q2*-1;2*+3. The normalized spacial score (nSPS) is 4.80. The number of hydrogen-bond donors (Lipinski definition) is 0. The van der Waals surface area contributed by atoms with Crippen LogP contribution in [0.2, 0.25) is 0 Å². The molecule has 0 spiro atoms. The van der Waals surface area contributed by atoms with Crippen LogP contribution in [-0.4, -0.2) is 10.2 Å². The van der Waals surface area contributed by atoms with Crippen molar-refractivity contribution in [3.8, 4) is 0 Å². The molecule has 0 saturated heterocycles. The predicted octanol–water partition coefficient (Wildman–Crippen LogP) is -0.478. The van der Waals surface area contributed by atoms with Crippen LogP contribution in [0.25, 0.3) is 0 Å². The van der Waals surface area contributed by atoms with Crippen LogP contribution >= 0.6 is 0 Å². The molecule has 0 aliphatic carbocycles. The van der Waals surface area contributed by atoms with Gasteiger partial charge in [-0.15, -0.1) is 0 Å². The number of nitrogens with zero attached hydrogens (tertiary/aromatic N) is 2. The van der Waals surface area contributed by atoms with Crippen molar-refractivity contribution in [2.75, 3.05) is 0 Å². The molecule has 2 radical (unpaired) electrons. The molecule has 0 amide bonds. The molecule has 0 aliphatic heterocycles. The van der Waals surface area contributed by atoms with Gasteiger partial charge in [-0.1, -0.05) is 0 Å². The van der Waals surface area contributed by atoms with Crippen LogP contribution in [0.1, 0.15) is 0 Å². The molecule has 0 aromatic rings. The molecule has 0 N–H and O–H groups in total. The van der Waals surface area contributed by atoms with Gasteiger partial charge in [0.25, 0.3) is 0 Å². The van der Waals surface area contributed by atoms with Crippen LogP contribution in [0.5, 0.6) is 0 Å². The Labute approximate surface area is 126 Å². The van der Waals surface area contributed by atoms with Crippen LogP contribution in [-0.2, 0) is 0 Å². The van der Waals surface area contributed by atoms with Crippen molar-refractivity contribution < 1.29 is 97.5 Å². The summed E-state index contributed by atoms with van der Waals surface area (Å²) < 4.78 is 0. The van der Waals surface area contributed by atoms with Crippen LogP contribution in [0, 0.1) is 118 Å². The van der Waals surface area contributed by atoms with Gasteiger partial charge in [0.15, 0.2) is 0 Å². The van der Waals surface area contributed by atoms with Gasteiger partial charge in [-0.25, -0.2) is 0 Å². The van der Waals surface area contributed by atoms with Gasteiger partial charge in [0.05, 0.1) is 10.2 Å². The molecule has 0 fully saturated rings. The second kappa shape index (κ2) is 16.7. The summed E-state index contributed by atoms with van der Waals surface area (Å²) in [5.41, 5.74) is 0. The molecule has 0 unspecified atom stereocenters. The first kappa shape index (κ1) is 22.5. The van der Waals surface area contributed by atoms with Gasteiger partial charge in [-0.2, -0.15) is 0 Å². The fourth-order valence-electron chi connectivity index (χ4n) is 0. The molecular weight excluding hydrogens is 447 g/mol. The van der Waals surface area contributed by atoms with Crippen molar-refractivity contribution >= 4 is 0 Å². The summed E-state index contributed by atoms with van der Waals surface area (Å²) in [5.74, 6) is 0. The van der Waals surface area contributed by atoms with Gasteiger partial charge in [-0.3, -0.25) is 0 Å². The van der Waals surface area contributed by atoms with Crippen LogP contribution in [0.15, 0.2) is 0 Å². The van der Waals surface area contributed by atoms with E-state index >= 15 is 0 Å². The third-order valence-electron chi connectivity index (χ3n) is 0. The molecule has 0 saturated carbocycles. The zero-order valence-corrected chi connectivity index (χ0v) is 8.35. The van der Waals surface area contributed by atoms with Crippen molar-refractivity contribution in [3.05, 3.63) is 30.6 Å². The molecular formula is N2O6SmYb+4. The second-order valence-electron chi connectivity index (χ2n) is 0.447. The Hall–Kier alpha value is 1.26. The van der Waals surface area contributed by atoms with E-state index in [1.807, 2.05) is 0 Å². The molecule has 0 heterocycles. The van der Waals surface area contributed by atoms with Gasteiger partial charge in [0.2, 0.25) is 0 Å². The van der Waals surface area contributed by atoms with Crippen molar-refractivity contribution in [3.63, 3.8) is 0 Å². The number of hydrogen-bond acceptors (Lipinski definition) is 6. The summed E-state index contributed by atoms with van der Waals surface area (Å²) in [7, 11) is 0. The first-order valence-corrected chi connectivity index (χ1v) is 1.10. The summed E-state index contributed by atoms with van der Waals surface area (Å²) in [6.45, 7) is 0. The Morgan fingerprint density at radius 1 is 0.800 bits per heavy atom. The van der Waals surface area contributed by atoms with Gasteiger partial charge in [0, 0.05) is 0 Å². The van der Waals surface area contributed by atoms with E-state index in [9.17, 15) is 0 Å². The first-order chi connectivity index (χ1) is 3.46. The van der Waals surface area contributed by atoms with Gasteiger partial charge in [0.1, 0.15) is 0 Å². The predicted molar refractivity (Wildman–Crippen MR) is 20.7 cm³/mol. The first-order valence-electron chi connectivity index (χ1n) is 1.10. The quantitative estimate of drug-likeness (QED) is 0.364.